The van der Waals surface area contributed by atoms with E-state index in [9.17, 15) is 19.2 Å². The van der Waals surface area contributed by atoms with Crippen LogP contribution >= 0.6 is 0 Å². The van der Waals surface area contributed by atoms with E-state index in [1.54, 1.807) is 0 Å². The Kier molecular flexibility index (Phi) is 49.0. The van der Waals surface area contributed by atoms with Crippen LogP contribution in [0.3, 0.4) is 0 Å². The summed E-state index contributed by atoms with van der Waals surface area (Å²) in [7, 11) is 0. The van der Waals surface area contributed by atoms with Gasteiger partial charge in [0.25, 0.3) is 0 Å². The van der Waals surface area contributed by atoms with Crippen molar-refractivity contribution in [2.24, 2.45) is 17.8 Å². The van der Waals surface area contributed by atoms with Crippen LogP contribution in [0.1, 0.15) is 274 Å². The third-order valence-electron chi connectivity index (χ3n) is 16.4. The van der Waals surface area contributed by atoms with Crippen LogP contribution < -0.4 is 5.32 Å². The number of amides is 1. The molecule has 0 aliphatic carbocycles. The van der Waals surface area contributed by atoms with Crippen molar-refractivity contribution < 1.29 is 33.4 Å². The highest BCUT2D eigenvalue weighted by molar-refractivity contribution is 5.76. The van der Waals surface area contributed by atoms with Gasteiger partial charge < -0.3 is 24.4 Å². The normalized spacial score (nSPS) is 14.9. The number of piperazine rings is 1. The molecule has 0 aromatic heterocycles. The molecule has 1 aliphatic rings. The summed E-state index contributed by atoms with van der Waals surface area (Å²) in [6, 6.07) is 0.297. The van der Waals surface area contributed by atoms with E-state index >= 15 is 0 Å². The lowest BCUT2D eigenvalue weighted by atomic mass is 9.95. The SMILES string of the molecule is CCCCCCC(CCCCC)NC(=O)CCN1CCN(CCN(CCOC(=O)C(CCCC)CCCCCC)CCN(CCOC(=O)C(CCCC)CCCCCC)CCOC(=O)C(CCCC)CCCCCC)CC1. The summed E-state index contributed by atoms with van der Waals surface area (Å²) in [6.45, 7) is 28.2. The molecule has 4 unspecified atom stereocenters. The first-order chi connectivity index (χ1) is 37.6. The number of carbonyl (C=O) groups is 4. The average molecular weight is 1090 g/mol. The van der Waals surface area contributed by atoms with E-state index < -0.39 is 0 Å². The quantitative estimate of drug-likeness (QED) is 0.0356. The van der Waals surface area contributed by atoms with Gasteiger partial charge in [0, 0.05) is 91.0 Å². The molecule has 4 atom stereocenters. The van der Waals surface area contributed by atoms with Gasteiger partial charge in [-0.2, -0.15) is 0 Å². The summed E-state index contributed by atoms with van der Waals surface area (Å²) in [5, 5.41) is 3.42. The fourth-order valence-electron chi connectivity index (χ4n) is 10.9. The summed E-state index contributed by atoms with van der Waals surface area (Å²) in [5.41, 5.74) is 0. The average Bonchev–Trinajstić information content (AvgIpc) is 3.43. The predicted octanol–water partition coefficient (Wildman–Crippen LogP) is 14.6. The third kappa shape index (κ3) is 39.7. The Labute approximate surface area is 476 Å². The predicted molar refractivity (Wildman–Crippen MR) is 323 cm³/mol. The third-order valence-corrected chi connectivity index (χ3v) is 16.4. The van der Waals surface area contributed by atoms with E-state index in [1.807, 2.05) is 0 Å². The number of nitrogens with one attached hydrogen (secondary N) is 1. The van der Waals surface area contributed by atoms with Crippen molar-refractivity contribution in [2.75, 3.05) is 98.4 Å². The summed E-state index contributed by atoms with van der Waals surface area (Å²) in [4.78, 5) is 63.7. The van der Waals surface area contributed by atoms with Gasteiger partial charge in [-0.05, 0) is 51.4 Å². The van der Waals surface area contributed by atoms with Crippen molar-refractivity contribution in [3.8, 4) is 0 Å². The number of nitrogens with zero attached hydrogens (tertiary/aromatic N) is 4. The van der Waals surface area contributed by atoms with E-state index in [1.165, 1.54) is 83.5 Å². The zero-order valence-electron chi connectivity index (χ0n) is 52.1. The Hall–Kier alpha value is -2.28. The highest BCUT2D eigenvalue weighted by atomic mass is 16.5. The van der Waals surface area contributed by atoms with E-state index in [0.717, 1.165) is 181 Å². The van der Waals surface area contributed by atoms with E-state index in [4.69, 9.17) is 14.2 Å². The van der Waals surface area contributed by atoms with E-state index in [0.29, 0.717) is 58.5 Å². The Balaban J connectivity index is 3.16. The minimum absolute atomic E-state index is 0.0397. The van der Waals surface area contributed by atoms with Gasteiger partial charge in [-0.3, -0.25) is 33.9 Å². The van der Waals surface area contributed by atoms with E-state index in [-0.39, 0.29) is 41.6 Å². The molecule has 0 radical (unpaired) electrons. The molecular weight excluding hydrogens is 963 g/mol. The van der Waals surface area contributed by atoms with Gasteiger partial charge in [-0.25, -0.2) is 0 Å². The lowest BCUT2D eigenvalue weighted by Gasteiger charge is -2.36. The molecule has 1 saturated heterocycles. The highest BCUT2D eigenvalue weighted by Crippen LogP contribution is 2.22. The number of hydrogen-bond donors (Lipinski definition) is 1. The molecule has 1 fully saturated rings. The maximum atomic E-state index is 13.6. The second-order valence-corrected chi connectivity index (χ2v) is 23.3. The Bertz CT molecular complexity index is 1340. The Morgan fingerprint density at radius 1 is 0.364 bits per heavy atom. The number of unbranched alkanes of at least 4 members (excludes halogenated alkanes) is 17. The van der Waals surface area contributed by atoms with Crippen molar-refractivity contribution in [1.82, 2.24) is 24.9 Å². The smallest absolute Gasteiger partial charge is 0.308 e. The standard InChI is InChI=1S/C65H127N5O7/c1-9-17-25-30-37-58(34-22-14-6)63(72)75-55-52-69(49-48-68-46-44-67(45-47-68)43-42-62(71)66-61(40-29-21-13-5)41-33-28-20-12-4)50-51-70(53-56-76-64(73)59(35-23-15-7)38-31-26-18-10-2)54-57-77-65(74)60(36-24-16-8)39-32-27-19-11-3/h58-61H,9-57H2,1-8H3,(H,66,71). The second-order valence-electron chi connectivity index (χ2n) is 23.3. The lowest BCUT2D eigenvalue weighted by Crippen LogP contribution is -2.50. The van der Waals surface area contributed by atoms with Crippen molar-refractivity contribution in [1.29, 1.82) is 0 Å². The first-order valence-electron chi connectivity index (χ1n) is 33.3. The molecular formula is C65H127N5O7. The van der Waals surface area contributed by atoms with Gasteiger partial charge in [-0.1, -0.05) is 216 Å². The maximum absolute atomic E-state index is 13.6. The van der Waals surface area contributed by atoms with Gasteiger partial charge in [0.2, 0.25) is 5.91 Å². The van der Waals surface area contributed by atoms with Crippen LogP contribution in [-0.2, 0) is 33.4 Å². The Morgan fingerprint density at radius 2 is 0.662 bits per heavy atom. The molecule has 0 aromatic carbocycles. The van der Waals surface area contributed by atoms with Crippen LogP contribution in [0.5, 0.6) is 0 Å². The molecule has 0 bridgehead atoms. The van der Waals surface area contributed by atoms with Gasteiger partial charge >= 0.3 is 17.9 Å². The molecule has 1 rings (SSSR count). The second kappa shape index (κ2) is 51.8. The molecule has 1 N–H and O–H groups in total. The first-order valence-corrected chi connectivity index (χ1v) is 33.3. The fourth-order valence-corrected chi connectivity index (χ4v) is 10.9. The van der Waals surface area contributed by atoms with Crippen LogP contribution in [0.4, 0.5) is 0 Å². The molecule has 0 aromatic rings. The molecule has 12 nitrogen and oxygen atoms in total. The highest BCUT2D eigenvalue weighted by Gasteiger charge is 2.25. The number of ether oxygens (including phenoxy) is 3. The van der Waals surface area contributed by atoms with Gasteiger partial charge in [-0.15, -0.1) is 0 Å². The largest absolute Gasteiger partial charge is 0.464 e. The van der Waals surface area contributed by atoms with Crippen molar-refractivity contribution in [3.05, 3.63) is 0 Å². The lowest BCUT2D eigenvalue weighted by molar-refractivity contribution is -0.151. The minimum Gasteiger partial charge on any atom is -0.464 e. The zero-order valence-corrected chi connectivity index (χ0v) is 52.1. The van der Waals surface area contributed by atoms with Crippen molar-refractivity contribution in [2.45, 2.75) is 280 Å². The minimum atomic E-state index is -0.0721. The van der Waals surface area contributed by atoms with E-state index in [2.05, 4.69) is 80.3 Å². The summed E-state index contributed by atoms with van der Waals surface area (Å²) >= 11 is 0. The number of carbonyl (C=O) groups excluding carboxylic acids is 4. The first kappa shape index (κ1) is 72.7. The molecule has 1 heterocycles. The van der Waals surface area contributed by atoms with Crippen LogP contribution in [0.15, 0.2) is 0 Å². The topological polar surface area (TPSA) is 121 Å². The monoisotopic (exact) mass is 1090 g/mol. The van der Waals surface area contributed by atoms with Crippen LogP contribution in [0.2, 0.25) is 0 Å². The molecule has 1 amide bonds. The van der Waals surface area contributed by atoms with Gasteiger partial charge in [0.15, 0.2) is 0 Å². The molecule has 12 heteroatoms. The van der Waals surface area contributed by atoms with Gasteiger partial charge in [0.05, 0.1) is 17.8 Å². The molecule has 1 aliphatic heterocycles. The molecule has 454 valence electrons. The van der Waals surface area contributed by atoms with Crippen molar-refractivity contribution >= 4 is 23.8 Å². The summed E-state index contributed by atoms with van der Waals surface area (Å²) < 4.78 is 18.3. The zero-order chi connectivity index (χ0) is 56.4. The van der Waals surface area contributed by atoms with Crippen molar-refractivity contribution in [3.63, 3.8) is 0 Å². The van der Waals surface area contributed by atoms with Gasteiger partial charge in [0.1, 0.15) is 19.8 Å². The summed E-state index contributed by atoms with van der Waals surface area (Å²) in [5.74, 6) is -0.148. The summed E-state index contributed by atoms with van der Waals surface area (Å²) in [6.07, 6.45) is 36.7. The molecule has 0 spiro atoms. The molecule has 0 saturated carbocycles. The van der Waals surface area contributed by atoms with Crippen LogP contribution in [0.25, 0.3) is 0 Å². The Morgan fingerprint density at radius 3 is 1.03 bits per heavy atom. The fraction of sp³-hybridized carbons (Fsp3) is 0.938. The number of hydrogen-bond acceptors (Lipinski definition) is 11. The number of esters is 3. The van der Waals surface area contributed by atoms with Crippen LogP contribution in [-0.4, -0.2) is 148 Å². The molecule has 77 heavy (non-hydrogen) atoms. The van der Waals surface area contributed by atoms with Crippen LogP contribution in [0, 0.1) is 17.8 Å². The maximum Gasteiger partial charge on any atom is 0.308 e. The number of rotatable bonds is 55.